The van der Waals surface area contributed by atoms with Gasteiger partial charge in [-0.1, -0.05) is 0 Å². The SMILES string of the molecule is O=C(c1ccc2nc[nH]c2c1)N1CCC2(CC1)CC(O)CN(CC1CC1)C2=O. The molecule has 28 heavy (non-hydrogen) atoms. The fourth-order valence-electron chi connectivity index (χ4n) is 4.85. The molecule has 1 unspecified atom stereocenters. The summed E-state index contributed by atoms with van der Waals surface area (Å²) in [5.41, 5.74) is 1.82. The Labute approximate surface area is 163 Å². The van der Waals surface area contributed by atoms with Gasteiger partial charge in [-0.05, 0) is 56.2 Å². The Kier molecular flexibility index (Phi) is 4.16. The first-order valence-corrected chi connectivity index (χ1v) is 10.2. The first-order valence-electron chi connectivity index (χ1n) is 10.2. The second-order valence-corrected chi connectivity index (χ2v) is 8.72. The summed E-state index contributed by atoms with van der Waals surface area (Å²) in [7, 11) is 0. The minimum atomic E-state index is -0.503. The summed E-state index contributed by atoms with van der Waals surface area (Å²) < 4.78 is 0. The zero-order valence-electron chi connectivity index (χ0n) is 15.9. The Morgan fingerprint density at radius 3 is 2.82 bits per heavy atom. The Balaban J connectivity index is 1.29. The van der Waals surface area contributed by atoms with E-state index in [9.17, 15) is 14.7 Å². The third-order valence-corrected chi connectivity index (χ3v) is 6.65. The molecule has 148 valence electrons. The van der Waals surface area contributed by atoms with E-state index in [1.165, 1.54) is 12.8 Å². The summed E-state index contributed by atoms with van der Waals surface area (Å²) in [5.74, 6) is 0.797. The highest BCUT2D eigenvalue weighted by molar-refractivity contribution is 5.97. The maximum absolute atomic E-state index is 13.2. The van der Waals surface area contributed by atoms with E-state index in [1.54, 1.807) is 6.33 Å². The summed E-state index contributed by atoms with van der Waals surface area (Å²) in [6.45, 7) is 2.35. The lowest BCUT2D eigenvalue weighted by Crippen LogP contribution is -2.58. The number of carbonyl (C=O) groups is 2. The number of rotatable bonds is 3. The zero-order valence-corrected chi connectivity index (χ0v) is 15.9. The summed E-state index contributed by atoms with van der Waals surface area (Å²) in [6, 6.07) is 5.49. The molecule has 1 aromatic heterocycles. The van der Waals surface area contributed by atoms with E-state index in [4.69, 9.17) is 0 Å². The number of fused-ring (bicyclic) bond motifs is 1. The van der Waals surface area contributed by atoms with E-state index >= 15 is 0 Å². The zero-order chi connectivity index (χ0) is 19.3. The minimum Gasteiger partial charge on any atom is -0.391 e. The van der Waals surface area contributed by atoms with Gasteiger partial charge in [0.1, 0.15) is 0 Å². The molecule has 1 spiro atoms. The van der Waals surface area contributed by atoms with E-state index < -0.39 is 11.5 Å². The van der Waals surface area contributed by atoms with Crippen molar-refractivity contribution < 1.29 is 14.7 Å². The van der Waals surface area contributed by atoms with Crippen LogP contribution in [0.1, 0.15) is 42.5 Å². The predicted octanol–water partition coefficient (Wildman–Crippen LogP) is 1.79. The smallest absolute Gasteiger partial charge is 0.253 e. The van der Waals surface area contributed by atoms with Gasteiger partial charge in [-0.15, -0.1) is 0 Å². The van der Waals surface area contributed by atoms with Crippen LogP contribution >= 0.6 is 0 Å². The maximum atomic E-state index is 13.2. The summed E-state index contributed by atoms with van der Waals surface area (Å²) in [4.78, 5) is 37.1. The first kappa shape index (κ1) is 17.7. The molecule has 0 bridgehead atoms. The van der Waals surface area contributed by atoms with Crippen molar-refractivity contribution in [2.45, 2.75) is 38.2 Å². The number of benzene rings is 1. The molecule has 2 amide bonds. The van der Waals surface area contributed by atoms with Crippen LogP contribution in [0.15, 0.2) is 24.5 Å². The molecule has 0 radical (unpaired) electrons. The standard InChI is InChI=1S/C21H26N4O3/c26-16-10-21(20(28)25(12-16)11-14-1-2-14)5-7-24(8-6-21)19(27)15-3-4-17-18(9-15)23-13-22-17/h3-4,9,13-14,16,26H,1-2,5-8,10-12H2,(H,22,23). The summed E-state index contributed by atoms with van der Waals surface area (Å²) in [5, 5.41) is 10.4. The number of hydrogen-bond acceptors (Lipinski definition) is 4. The van der Waals surface area contributed by atoms with Gasteiger partial charge >= 0.3 is 0 Å². The number of piperidine rings is 2. The monoisotopic (exact) mass is 382 g/mol. The van der Waals surface area contributed by atoms with Crippen molar-refractivity contribution in [3.63, 3.8) is 0 Å². The fourth-order valence-corrected chi connectivity index (χ4v) is 4.85. The van der Waals surface area contributed by atoms with Gasteiger partial charge < -0.3 is 19.9 Å². The molecule has 5 rings (SSSR count). The topological polar surface area (TPSA) is 89.5 Å². The number of likely N-dealkylation sites (tertiary alicyclic amines) is 2. The van der Waals surface area contributed by atoms with Crippen LogP contribution in [-0.2, 0) is 4.79 Å². The van der Waals surface area contributed by atoms with Crippen molar-refractivity contribution in [2.24, 2.45) is 11.3 Å². The number of H-pyrrole nitrogens is 1. The number of β-amino-alcohol motifs (C(OH)–C–C–N with tert-alkyl or cyclic N) is 1. The molecule has 7 nitrogen and oxygen atoms in total. The van der Waals surface area contributed by atoms with Gasteiger partial charge in [0, 0.05) is 31.7 Å². The summed E-state index contributed by atoms with van der Waals surface area (Å²) in [6.07, 6.45) is 5.32. The number of imidazole rings is 1. The van der Waals surface area contributed by atoms with Crippen LogP contribution in [0.3, 0.4) is 0 Å². The van der Waals surface area contributed by atoms with Crippen LogP contribution in [0.2, 0.25) is 0 Å². The van der Waals surface area contributed by atoms with Crippen LogP contribution in [0, 0.1) is 11.3 Å². The maximum Gasteiger partial charge on any atom is 0.253 e. The van der Waals surface area contributed by atoms with Crippen LogP contribution in [0.25, 0.3) is 11.0 Å². The predicted molar refractivity (Wildman–Crippen MR) is 104 cm³/mol. The van der Waals surface area contributed by atoms with Gasteiger partial charge in [0.05, 0.1) is 28.9 Å². The van der Waals surface area contributed by atoms with Gasteiger partial charge in [0.2, 0.25) is 5.91 Å². The van der Waals surface area contributed by atoms with E-state index in [0.29, 0.717) is 50.4 Å². The van der Waals surface area contributed by atoms with Crippen LogP contribution < -0.4 is 0 Å². The quantitative estimate of drug-likeness (QED) is 0.847. The average Bonchev–Trinajstić information content (AvgIpc) is 3.38. The lowest BCUT2D eigenvalue weighted by Gasteiger charge is -2.48. The molecule has 2 saturated heterocycles. The Morgan fingerprint density at radius 1 is 1.29 bits per heavy atom. The van der Waals surface area contributed by atoms with E-state index in [1.807, 2.05) is 28.0 Å². The van der Waals surface area contributed by atoms with Gasteiger partial charge in [0.25, 0.3) is 5.91 Å². The number of carbonyl (C=O) groups excluding carboxylic acids is 2. The van der Waals surface area contributed by atoms with E-state index in [2.05, 4.69) is 9.97 Å². The Morgan fingerprint density at radius 2 is 2.07 bits per heavy atom. The highest BCUT2D eigenvalue weighted by Gasteiger charge is 2.49. The lowest BCUT2D eigenvalue weighted by atomic mass is 9.70. The first-order chi connectivity index (χ1) is 13.5. The highest BCUT2D eigenvalue weighted by atomic mass is 16.3. The number of amides is 2. The number of aromatic amines is 1. The minimum absolute atomic E-state index is 0.00927. The molecule has 1 atom stereocenters. The molecule has 3 aliphatic rings. The lowest BCUT2D eigenvalue weighted by molar-refractivity contribution is -0.156. The molecule has 1 aromatic carbocycles. The van der Waals surface area contributed by atoms with Crippen molar-refractivity contribution in [3.8, 4) is 0 Å². The van der Waals surface area contributed by atoms with Crippen LogP contribution in [0.5, 0.6) is 0 Å². The third kappa shape index (κ3) is 3.07. The molecular weight excluding hydrogens is 356 g/mol. The molecule has 3 heterocycles. The molecule has 2 aliphatic heterocycles. The van der Waals surface area contributed by atoms with Gasteiger partial charge in [-0.2, -0.15) is 0 Å². The van der Waals surface area contributed by atoms with Gasteiger partial charge in [-0.3, -0.25) is 9.59 Å². The molecule has 7 heteroatoms. The third-order valence-electron chi connectivity index (χ3n) is 6.65. The second kappa shape index (κ2) is 6.58. The van der Waals surface area contributed by atoms with Crippen LogP contribution in [-0.4, -0.2) is 69.0 Å². The number of nitrogens with zero attached hydrogens (tertiary/aromatic N) is 3. The fraction of sp³-hybridized carbons (Fsp3) is 0.571. The molecule has 2 N–H and O–H groups in total. The van der Waals surface area contributed by atoms with Crippen LogP contribution in [0.4, 0.5) is 0 Å². The molecule has 2 aromatic rings. The highest BCUT2D eigenvalue weighted by Crippen LogP contribution is 2.42. The van der Waals surface area contributed by atoms with Crippen molar-refractivity contribution in [1.82, 2.24) is 19.8 Å². The van der Waals surface area contributed by atoms with E-state index in [0.717, 1.165) is 17.6 Å². The normalized spacial score (nSPS) is 24.9. The Hall–Kier alpha value is -2.41. The second-order valence-electron chi connectivity index (χ2n) is 8.72. The van der Waals surface area contributed by atoms with Crippen molar-refractivity contribution >= 4 is 22.8 Å². The van der Waals surface area contributed by atoms with Gasteiger partial charge in [-0.25, -0.2) is 4.98 Å². The number of hydrogen-bond donors (Lipinski definition) is 2. The largest absolute Gasteiger partial charge is 0.391 e. The number of aromatic nitrogens is 2. The van der Waals surface area contributed by atoms with Gasteiger partial charge in [0.15, 0.2) is 0 Å². The van der Waals surface area contributed by atoms with Crippen molar-refractivity contribution in [3.05, 3.63) is 30.1 Å². The number of nitrogens with one attached hydrogen (secondary N) is 1. The van der Waals surface area contributed by atoms with E-state index in [-0.39, 0.29) is 11.8 Å². The number of aliphatic hydroxyl groups is 1. The number of aliphatic hydroxyl groups excluding tert-OH is 1. The molecule has 1 aliphatic carbocycles. The molecule has 1 saturated carbocycles. The van der Waals surface area contributed by atoms with Crippen molar-refractivity contribution in [1.29, 1.82) is 0 Å². The molecule has 3 fully saturated rings. The summed E-state index contributed by atoms with van der Waals surface area (Å²) >= 11 is 0. The average molecular weight is 382 g/mol. The Bertz CT molecular complexity index is 909. The molecular formula is C21H26N4O3. The van der Waals surface area contributed by atoms with Crippen molar-refractivity contribution in [2.75, 3.05) is 26.2 Å².